The number of rotatable bonds is 12. The molecule has 0 atom stereocenters. The molecule has 0 radical (unpaired) electrons. The second kappa shape index (κ2) is 18.5. The minimum atomic E-state index is -1.49. The molecule has 0 amide bonds. The van der Waals surface area contributed by atoms with Crippen LogP contribution in [0.2, 0.25) is 8.87 Å². The maximum atomic E-state index is 10.4. The molecule has 0 aliphatic rings. The van der Waals surface area contributed by atoms with E-state index < -0.39 is 11.9 Å². The van der Waals surface area contributed by atoms with Crippen LogP contribution in [0, 0.1) is 0 Å². The third-order valence-corrected chi connectivity index (χ3v) is 7.05. The van der Waals surface area contributed by atoms with E-state index in [1.165, 1.54) is 25.7 Å². The summed E-state index contributed by atoms with van der Waals surface area (Å²) in [5, 5.41) is 20.4. The quantitative estimate of drug-likeness (QED) is 0.277. The van der Waals surface area contributed by atoms with E-state index >= 15 is 0 Å². The van der Waals surface area contributed by atoms with E-state index in [0.29, 0.717) is 12.5 Å². The Bertz CT molecular complexity index is 308. The van der Waals surface area contributed by atoms with Crippen LogP contribution in [0.1, 0.15) is 72.1 Å². The van der Waals surface area contributed by atoms with Gasteiger partial charge >= 0.3 is 69.5 Å². The third kappa shape index (κ3) is 19.5. The van der Waals surface area contributed by atoms with E-state index in [9.17, 15) is 19.8 Å². The Hall–Kier alpha value is -0.521. The van der Waals surface area contributed by atoms with Gasteiger partial charge < -0.3 is 19.8 Å². The second-order valence-corrected chi connectivity index (χ2v) is 9.47. The van der Waals surface area contributed by atoms with Crippen molar-refractivity contribution in [2.24, 2.45) is 0 Å². The van der Waals surface area contributed by atoms with Gasteiger partial charge in [-0.3, -0.25) is 0 Å². The van der Waals surface area contributed by atoms with Crippen LogP contribution in [0.3, 0.4) is 0 Å². The third-order valence-electron chi connectivity index (χ3n) is 3.02. The van der Waals surface area contributed by atoms with Gasteiger partial charge in [-0.1, -0.05) is 19.8 Å². The Morgan fingerprint density at radius 2 is 1.36 bits per heavy atom. The van der Waals surface area contributed by atoms with Crippen LogP contribution in [0.25, 0.3) is 0 Å². The van der Waals surface area contributed by atoms with Crippen LogP contribution in [-0.4, -0.2) is 33.1 Å². The number of carbonyl (C=O) groups excluding carboxylic acids is 2. The Kier molecular flexibility index (Phi) is 20.0. The molecular weight excluding hydrogens is 387 g/mol. The monoisotopic (exact) mass is 418 g/mol. The summed E-state index contributed by atoms with van der Waals surface area (Å²) in [6.07, 6.45) is 9.13. The van der Waals surface area contributed by atoms with Gasteiger partial charge in [0.2, 0.25) is 0 Å². The standard InChI is InChI=1S/C9H14O4.2C4H9.Sn/c1-2-3-4-5-7(9(12)13)6-8(10)11;2*1-3-4-2;/h6H,2-5H2,1H3,(H,10,11)(H,12,13);2*1,3-4H2,2H3;/q;;;+2/p-2/b7-6-;;;. The molecule has 0 bridgehead atoms. The predicted molar refractivity (Wildman–Crippen MR) is 87.4 cm³/mol. The Morgan fingerprint density at radius 1 is 0.864 bits per heavy atom. The first-order chi connectivity index (χ1) is 10.5. The Morgan fingerprint density at radius 3 is 1.73 bits per heavy atom. The van der Waals surface area contributed by atoms with E-state index in [4.69, 9.17) is 0 Å². The summed E-state index contributed by atoms with van der Waals surface area (Å²) >= 11 is 0.149. The summed E-state index contributed by atoms with van der Waals surface area (Å²) in [6, 6.07) is 0. The van der Waals surface area contributed by atoms with Gasteiger partial charge in [0.25, 0.3) is 0 Å². The molecule has 0 aromatic rings. The second-order valence-electron chi connectivity index (χ2n) is 5.19. The zero-order valence-electron chi connectivity index (χ0n) is 14.3. The van der Waals surface area contributed by atoms with Gasteiger partial charge in [-0.2, -0.15) is 0 Å². The minimum absolute atomic E-state index is 0.149. The van der Waals surface area contributed by atoms with Crippen molar-refractivity contribution in [2.45, 2.75) is 81.0 Å². The van der Waals surface area contributed by atoms with Crippen LogP contribution in [0.5, 0.6) is 0 Å². The molecule has 0 aromatic heterocycles. The van der Waals surface area contributed by atoms with Crippen molar-refractivity contribution in [3.05, 3.63) is 11.6 Å². The summed E-state index contributed by atoms with van der Waals surface area (Å²) in [5.74, 6) is -2.92. The molecule has 0 saturated heterocycles. The van der Waals surface area contributed by atoms with Crippen molar-refractivity contribution in [1.29, 1.82) is 0 Å². The Balaban J connectivity index is 0. The molecule has 0 fully saturated rings. The van der Waals surface area contributed by atoms with Crippen LogP contribution >= 0.6 is 0 Å². The van der Waals surface area contributed by atoms with Crippen molar-refractivity contribution in [3.8, 4) is 0 Å². The summed E-state index contributed by atoms with van der Waals surface area (Å²) < 4.78 is 3.25. The van der Waals surface area contributed by atoms with Crippen LogP contribution in [0.4, 0.5) is 0 Å². The fraction of sp³-hybridized carbons (Fsp3) is 0.765. The van der Waals surface area contributed by atoms with Gasteiger partial charge in [-0.25, -0.2) is 0 Å². The number of unbranched alkanes of at least 4 members (excludes halogenated alkanes) is 4. The average molecular weight is 417 g/mol. The number of carboxylic acids is 2. The van der Waals surface area contributed by atoms with E-state index in [1.54, 1.807) is 8.87 Å². The molecule has 0 aliphatic carbocycles. The zero-order valence-corrected chi connectivity index (χ0v) is 17.1. The predicted octanol–water partition coefficient (Wildman–Crippen LogP) is 2.12. The van der Waals surface area contributed by atoms with Gasteiger partial charge in [-0.05, 0) is 24.5 Å². The first kappa shape index (κ1) is 23.7. The first-order valence-corrected chi connectivity index (χ1v) is 12.4. The van der Waals surface area contributed by atoms with Crippen molar-refractivity contribution in [1.82, 2.24) is 0 Å². The SMILES string of the molecule is CCCCC/C(=C/C(=O)[O-])C(=O)[O-].CCC[CH2][Sn+2][CH2]CCC. The van der Waals surface area contributed by atoms with Crippen LogP contribution in [-0.2, 0) is 9.59 Å². The zero-order chi connectivity index (χ0) is 17.2. The average Bonchev–Trinajstić information content (AvgIpc) is 2.46. The van der Waals surface area contributed by atoms with E-state index in [-0.39, 0.29) is 33.1 Å². The number of carbonyl (C=O) groups is 2. The van der Waals surface area contributed by atoms with Crippen molar-refractivity contribution in [2.75, 3.05) is 0 Å². The molecule has 0 aliphatic heterocycles. The number of carboxylic acid groups (broad SMARTS) is 2. The van der Waals surface area contributed by atoms with E-state index in [2.05, 4.69) is 13.8 Å². The summed E-state index contributed by atoms with van der Waals surface area (Å²) in [5.41, 5.74) is -0.201. The van der Waals surface area contributed by atoms with Gasteiger partial charge in [-0.15, -0.1) is 0 Å². The fourth-order valence-electron chi connectivity index (χ4n) is 1.67. The topological polar surface area (TPSA) is 80.3 Å². The normalized spacial score (nSPS) is 10.4. The molecule has 0 rings (SSSR count). The van der Waals surface area contributed by atoms with Crippen molar-refractivity contribution in [3.63, 3.8) is 0 Å². The molecule has 126 valence electrons. The summed E-state index contributed by atoms with van der Waals surface area (Å²) in [6.45, 7) is 6.56. The maximum absolute atomic E-state index is 10.4. The summed E-state index contributed by atoms with van der Waals surface area (Å²) in [7, 11) is 0. The number of aliphatic carboxylic acids is 2. The number of hydrogen-bond donors (Lipinski definition) is 0. The first-order valence-electron chi connectivity index (χ1n) is 8.33. The summed E-state index contributed by atoms with van der Waals surface area (Å²) in [4.78, 5) is 20.4. The van der Waals surface area contributed by atoms with E-state index in [0.717, 1.165) is 12.8 Å². The van der Waals surface area contributed by atoms with Gasteiger partial charge in [0, 0.05) is 0 Å². The molecule has 0 unspecified atom stereocenters. The number of hydrogen-bond acceptors (Lipinski definition) is 4. The molecule has 0 heterocycles. The van der Waals surface area contributed by atoms with Gasteiger partial charge in [0.05, 0.1) is 11.9 Å². The van der Waals surface area contributed by atoms with Crippen LogP contribution in [0.15, 0.2) is 11.6 Å². The van der Waals surface area contributed by atoms with Crippen LogP contribution < -0.4 is 10.2 Å². The molecule has 0 N–H and O–H groups in total. The molecule has 0 aromatic carbocycles. The molecule has 0 spiro atoms. The van der Waals surface area contributed by atoms with Crippen molar-refractivity contribution < 1.29 is 19.8 Å². The molecule has 4 nitrogen and oxygen atoms in total. The van der Waals surface area contributed by atoms with Gasteiger partial charge in [0.15, 0.2) is 0 Å². The fourth-order valence-corrected chi connectivity index (χ4v) is 5.83. The van der Waals surface area contributed by atoms with Gasteiger partial charge in [0.1, 0.15) is 0 Å². The molecule has 0 saturated carbocycles. The molecule has 5 heteroatoms. The Labute approximate surface area is 145 Å². The van der Waals surface area contributed by atoms with E-state index in [1.807, 2.05) is 6.92 Å². The van der Waals surface area contributed by atoms with Crippen molar-refractivity contribution >= 4 is 33.1 Å². The molecular formula is C17H30O4Sn. The molecule has 22 heavy (non-hydrogen) atoms.